The van der Waals surface area contributed by atoms with Gasteiger partial charge in [-0.25, -0.2) is 4.98 Å². The molecule has 2 rings (SSSR count). The summed E-state index contributed by atoms with van der Waals surface area (Å²) in [6.07, 6.45) is 4.06. The largest absolute Gasteiger partial charge is 0.474 e. The van der Waals surface area contributed by atoms with Crippen LogP contribution in [0.3, 0.4) is 0 Å². The Hall–Kier alpha value is -1.13. The molecule has 0 aliphatic carbocycles. The second-order valence-corrected chi connectivity index (χ2v) is 5.46. The van der Waals surface area contributed by atoms with Crippen LogP contribution in [-0.2, 0) is 11.3 Å². The standard InChI is InChI=1S/C15H24N2O2/c1-12(2)9-16-10-13-3-4-15(17-11-13)19-14-5-7-18-8-6-14/h3-4,11-12,14,16H,5-10H2,1-2H3. The molecule has 1 aromatic rings. The molecule has 1 saturated heterocycles. The van der Waals surface area contributed by atoms with Crippen LogP contribution in [0.4, 0.5) is 0 Å². The van der Waals surface area contributed by atoms with E-state index in [0.717, 1.165) is 45.0 Å². The predicted molar refractivity (Wildman–Crippen MR) is 75.3 cm³/mol. The van der Waals surface area contributed by atoms with Crippen molar-refractivity contribution in [2.45, 2.75) is 39.3 Å². The van der Waals surface area contributed by atoms with Gasteiger partial charge in [0.25, 0.3) is 0 Å². The molecule has 0 radical (unpaired) electrons. The Kier molecular flexibility index (Phi) is 5.61. The Morgan fingerprint density at radius 1 is 1.37 bits per heavy atom. The fourth-order valence-electron chi connectivity index (χ4n) is 2.05. The van der Waals surface area contributed by atoms with Gasteiger partial charge in [-0.3, -0.25) is 0 Å². The molecule has 1 fully saturated rings. The highest BCUT2D eigenvalue weighted by atomic mass is 16.5. The topological polar surface area (TPSA) is 43.4 Å². The molecule has 2 heterocycles. The molecule has 4 nitrogen and oxygen atoms in total. The molecule has 1 aliphatic rings. The fourth-order valence-corrected chi connectivity index (χ4v) is 2.05. The van der Waals surface area contributed by atoms with Gasteiger partial charge in [-0.2, -0.15) is 0 Å². The van der Waals surface area contributed by atoms with E-state index in [1.165, 1.54) is 5.56 Å². The van der Waals surface area contributed by atoms with E-state index in [0.29, 0.717) is 5.92 Å². The first-order chi connectivity index (χ1) is 9.24. The van der Waals surface area contributed by atoms with Gasteiger partial charge >= 0.3 is 0 Å². The number of ether oxygens (including phenoxy) is 2. The summed E-state index contributed by atoms with van der Waals surface area (Å²) < 4.78 is 11.2. The fraction of sp³-hybridized carbons (Fsp3) is 0.667. The highest BCUT2D eigenvalue weighted by molar-refractivity contribution is 5.18. The van der Waals surface area contributed by atoms with E-state index >= 15 is 0 Å². The van der Waals surface area contributed by atoms with Crippen LogP contribution in [0, 0.1) is 5.92 Å². The van der Waals surface area contributed by atoms with Gasteiger partial charge in [0.05, 0.1) is 13.2 Å². The Balaban J connectivity index is 1.77. The molecule has 0 unspecified atom stereocenters. The maximum absolute atomic E-state index is 5.84. The lowest BCUT2D eigenvalue weighted by molar-refractivity contribution is 0.0237. The summed E-state index contributed by atoms with van der Waals surface area (Å²) >= 11 is 0. The smallest absolute Gasteiger partial charge is 0.213 e. The zero-order valence-electron chi connectivity index (χ0n) is 11.9. The Bertz CT molecular complexity index is 359. The summed E-state index contributed by atoms with van der Waals surface area (Å²) in [6, 6.07) is 4.04. The Morgan fingerprint density at radius 3 is 2.79 bits per heavy atom. The van der Waals surface area contributed by atoms with E-state index in [9.17, 15) is 0 Å². The first-order valence-corrected chi connectivity index (χ1v) is 7.14. The van der Waals surface area contributed by atoms with Crippen molar-refractivity contribution < 1.29 is 9.47 Å². The van der Waals surface area contributed by atoms with Gasteiger partial charge in [-0.05, 0) is 18.0 Å². The molecule has 0 amide bonds. The van der Waals surface area contributed by atoms with E-state index < -0.39 is 0 Å². The Morgan fingerprint density at radius 2 is 2.16 bits per heavy atom. The molecule has 0 bridgehead atoms. The number of nitrogens with one attached hydrogen (secondary N) is 1. The van der Waals surface area contributed by atoms with Gasteiger partial charge in [0.15, 0.2) is 0 Å². The van der Waals surface area contributed by atoms with E-state index in [-0.39, 0.29) is 6.10 Å². The van der Waals surface area contributed by atoms with Crippen LogP contribution in [0.25, 0.3) is 0 Å². The quantitative estimate of drug-likeness (QED) is 0.856. The zero-order chi connectivity index (χ0) is 13.5. The lowest BCUT2D eigenvalue weighted by Gasteiger charge is -2.22. The summed E-state index contributed by atoms with van der Waals surface area (Å²) in [4.78, 5) is 4.37. The Labute approximate surface area is 115 Å². The molecule has 1 aliphatic heterocycles. The average Bonchev–Trinajstić information content (AvgIpc) is 2.42. The number of hydrogen-bond donors (Lipinski definition) is 1. The maximum atomic E-state index is 5.84. The van der Waals surface area contributed by atoms with Crippen LogP contribution in [0.5, 0.6) is 5.88 Å². The SMILES string of the molecule is CC(C)CNCc1ccc(OC2CCOCC2)nc1. The third-order valence-electron chi connectivity index (χ3n) is 3.14. The second-order valence-electron chi connectivity index (χ2n) is 5.46. The van der Waals surface area contributed by atoms with Crippen molar-refractivity contribution in [1.82, 2.24) is 10.3 Å². The van der Waals surface area contributed by atoms with Crippen LogP contribution >= 0.6 is 0 Å². The molecule has 1 N–H and O–H groups in total. The van der Waals surface area contributed by atoms with Gasteiger partial charge in [-0.15, -0.1) is 0 Å². The summed E-state index contributed by atoms with van der Waals surface area (Å²) in [6.45, 7) is 7.89. The van der Waals surface area contributed by atoms with Crippen LogP contribution in [0.15, 0.2) is 18.3 Å². The minimum Gasteiger partial charge on any atom is -0.474 e. The van der Waals surface area contributed by atoms with Gasteiger partial charge in [0, 0.05) is 31.6 Å². The van der Waals surface area contributed by atoms with Gasteiger partial charge < -0.3 is 14.8 Å². The monoisotopic (exact) mass is 264 g/mol. The molecule has 19 heavy (non-hydrogen) atoms. The molecule has 4 heteroatoms. The van der Waals surface area contributed by atoms with Crippen molar-refractivity contribution in [2.75, 3.05) is 19.8 Å². The molecule has 0 saturated carbocycles. The summed E-state index contributed by atoms with van der Waals surface area (Å²) in [7, 11) is 0. The molecular weight excluding hydrogens is 240 g/mol. The van der Waals surface area contributed by atoms with Gasteiger partial charge in [-0.1, -0.05) is 19.9 Å². The third-order valence-corrected chi connectivity index (χ3v) is 3.14. The maximum Gasteiger partial charge on any atom is 0.213 e. The predicted octanol–water partition coefficient (Wildman–Crippen LogP) is 2.39. The first kappa shape index (κ1) is 14.3. The number of aromatic nitrogens is 1. The van der Waals surface area contributed by atoms with E-state index in [2.05, 4.69) is 30.2 Å². The average molecular weight is 264 g/mol. The van der Waals surface area contributed by atoms with Gasteiger partial charge in [0.2, 0.25) is 5.88 Å². The first-order valence-electron chi connectivity index (χ1n) is 7.14. The molecule has 0 atom stereocenters. The van der Waals surface area contributed by atoms with Crippen LogP contribution in [0.2, 0.25) is 0 Å². The molecule has 106 valence electrons. The highest BCUT2D eigenvalue weighted by Gasteiger charge is 2.15. The molecule has 1 aromatic heterocycles. The summed E-state index contributed by atoms with van der Waals surface area (Å²) in [5.41, 5.74) is 1.19. The summed E-state index contributed by atoms with van der Waals surface area (Å²) in [5.74, 6) is 1.39. The van der Waals surface area contributed by atoms with Crippen LogP contribution < -0.4 is 10.1 Å². The lowest BCUT2D eigenvalue weighted by Crippen LogP contribution is -2.26. The van der Waals surface area contributed by atoms with Crippen molar-refractivity contribution in [1.29, 1.82) is 0 Å². The highest BCUT2D eigenvalue weighted by Crippen LogP contribution is 2.15. The van der Waals surface area contributed by atoms with E-state index in [1.54, 1.807) is 0 Å². The van der Waals surface area contributed by atoms with E-state index in [1.807, 2.05) is 12.3 Å². The van der Waals surface area contributed by atoms with Crippen molar-refractivity contribution in [3.8, 4) is 5.88 Å². The normalized spacial score (nSPS) is 16.8. The number of rotatable bonds is 6. The van der Waals surface area contributed by atoms with Crippen molar-refractivity contribution in [3.05, 3.63) is 23.9 Å². The van der Waals surface area contributed by atoms with Crippen LogP contribution in [-0.4, -0.2) is 30.8 Å². The number of nitrogens with zero attached hydrogens (tertiary/aromatic N) is 1. The van der Waals surface area contributed by atoms with Crippen molar-refractivity contribution >= 4 is 0 Å². The molecule has 0 aromatic carbocycles. The van der Waals surface area contributed by atoms with Gasteiger partial charge in [0.1, 0.15) is 6.10 Å². The third kappa shape index (κ3) is 5.17. The minimum absolute atomic E-state index is 0.256. The van der Waals surface area contributed by atoms with E-state index in [4.69, 9.17) is 9.47 Å². The van der Waals surface area contributed by atoms with Crippen molar-refractivity contribution in [3.63, 3.8) is 0 Å². The number of pyridine rings is 1. The van der Waals surface area contributed by atoms with Crippen molar-refractivity contribution in [2.24, 2.45) is 5.92 Å². The number of hydrogen-bond acceptors (Lipinski definition) is 4. The second kappa shape index (κ2) is 7.46. The summed E-state index contributed by atoms with van der Waals surface area (Å²) in [5, 5.41) is 3.40. The van der Waals surface area contributed by atoms with Crippen LogP contribution in [0.1, 0.15) is 32.3 Å². The minimum atomic E-state index is 0.256. The lowest BCUT2D eigenvalue weighted by atomic mass is 10.1. The molecular formula is C15H24N2O2. The molecule has 0 spiro atoms. The zero-order valence-corrected chi connectivity index (χ0v) is 11.9.